The van der Waals surface area contributed by atoms with Crippen LogP contribution in [0.15, 0.2) is 77.9 Å². The summed E-state index contributed by atoms with van der Waals surface area (Å²) in [7, 11) is 0. The van der Waals surface area contributed by atoms with E-state index in [4.69, 9.17) is 4.74 Å². The smallest absolute Gasteiger partial charge is 0.343 e. The Kier molecular flexibility index (Phi) is 5.97. The second kappa shape index (κ2) is 8.77. The van der Waals surface area contributed by atoms with Crippen LogP contribution in [-0.2, 0) is 0 Å². The normalized spacial score (nSPS) is 10.6. The monoisotopic (exact) mass is 372 g/mol. The number of carbonyl (C=O) groups is 2. The molecule has 0 bridgehead atoms. The molecule has 3 aromatic rings. The minimum atomic E-state index is -0.407. The van der Waals surface area contributed by atoms with Crippen LogP contribution in [0, 0.1) is 13.8 Å². The van der Waals surface area contributed by atoms with Crippen molar-refractivity contribution in [1.82, 2.24) is 5.43 Å². The number of nitrogens with zero attached hydrogens (tertiary/aromatic N) is 1. The van der Waals surface area contributed by atoms with E-state index in [-0.39, 0.29) is 5.91 Å². The second-order valence-electron chi connectivity index (χ2n) is 6.39. The van der Waals surface area contributed by atoms with Crippen molar-refractivity contribution in [1.29, 1.82) is 0 Å². The predicted octanol–water partition coefficient (Wildman–Crippen LogP) is 4.29. The zero-order valence-electron chi connectivity index (χ0n) is 15.7. The third-order valence-electron chi connectivity index (χ3n) is 4.04. The molecule has 0 aliphatic heterocycles. The Morgan fingerprint density at radius 2 is 1.57 bits per heavy atom. The number of benzene rings is 3. The minimum Gasteiger partial charge on any atom is -0.423 e. The van der Waals surface area contributed by atoms with Crippen LogP contribution in [0.1, 0.15) is 37.4 Å². The van der Waals surface area contributed by atoms with Gasteiger partial charge in [-0.05, 0) is 67.9 Å². The van der Waals surface area contributed by atoms with Crippen LogP contribution >= 0.6 is 0 Å². The Morgan fingerprint density at radius 3 is 2.25 bits per heavy atom. The molecular weight excluding hydrogens is 352 g/mol. The van der Waals surface area contributed by atoms with E-state index in [1.807, 2.05) is 38.1 Å². The van der Waals surface area contributed by atoms with Gasteiger partial charge in [0.1, 0.15) is 5.75 Å². The van der Waals surface area contributed by atoms with Crippen molar-refractivity contribution < 1.29 is 14.3 Å². The van der Waals surface area contributed by atoms with Crippen molar-refractivity contribution >= 4 is 18.1 Å². The van der Waals surface area contributed by atoms with E-state index in [1.54, 1.807) is 48.5 Å². The second-order valence-corrected chi connectivity index (χ2v) is 6.39. The lowest BCUT2D eigenvalue weighted by molar-refractivity contribution is 0.0734. The molecule has 0 aliphatic rings. The first kappa shape index (κ1) is 19.0. The molecule has 5 nitrogen and oxygen atoms in total. The van der Waals surface area contributed by atoms with E-state index < -0.39 is 5.97 Å². The van der Waals surface area contributed by atoms with E-state index in [9.17, 15) is 9.59 Å². The van der Waals surface area contributed by atoms with E-state index in [2.05, 4.69) is 10.5 Å². The number of hydrogen-bond acceptors (Lipinski definition) is 4. The molecule has 3 aromatic carbocycles. The van der Waals surface area contributed by atoms with Crippen LogP contribution in [0.25, 0.3) is 0 Å². The predicted molar refractivity (Wildman–Crippen MR) is 109 cm³/mol. The van der Waals surface area contributed by atoms with Crippen molar-refractivity contribution in [3.05, 3.63) is 101 Å². The first-order valence-electron chi connectivity index (χ1n) is 8.80. The molecule has 0 aromatic heterocycles. The van der Waals surface area contributed by atoms with Crippen molar-refractivity contribution in [3.8, 4) is 5.75 Å². The lowest BCUT2D eigenvalue weighted by Crippen LogP contribution is -2.17. The summed E-state index contributed by atoms with van der Waals surface area (Å²) in [5.74, 6) is -0.247. The van der Waals surface area contributed by atoms with Crippen molar-refractivity contribution in [2.45, 2.75) is 13.8 Å². The maximum absolute atomic E-state index is 12.2. The number of carbonyl (C=O) groups excluding carboxylic acids is 2. The van der Waals surface area contributed by atoms with Gasteiger partial charge in [-0.3, -0.25) is 4.79 Å². The standard InChI is InChI=1S/C23H20N2O3/c1-16-6-10-19(11-7-16)22(26)25-24-15-18-8-12-21(13-9-18)28-23(27)20-5-3-4-17(2)14-20/h3-15H,1-2H3,(H,25,26)/b24-15+. The fourth-order valence-corrected chi connectivity index (χ4v) is 2.49. The van der Waals surface area contributed by atoms with E-state index in [0.717, 1.165) is 16.7 Å². The molecule has 28 heavy (non-hydrogen) atoms. The molecule has 0 saturated heterocycles. The minimum absolute atomic E-state index is 0.278. The molecule has 0 saturated carbocycles. The van der Waals surface area contributed by atoms with Crippen LogP contribution in [0.2, 0.25) is 0 Å². The van der Waals surface area contributed by atoms with Crippen molar-refractivity contribution in [3.63, 3.8) is 0 Å². The summed E-state index contributed by atoms with van der Waals surface area (Å²) in [6.45, 7) is 3.88. The molecule has 0 heterocycles. The van der Waals surface area contributed by atoms with Gasteiger partial charge in [-0.25, -0.2) is 10.2 Å². The van der Waals surface area contributed by atoms with E-state index in [0.29, 0.717) is 16.9 Å². The number of nitrogens with one attached hydrogen (secondary N) is 1. The third kappa shape index (κ3) is 5.14. The zero-order valence-corrected chi connectivity index (χ0v) is 15.7. The molecule has 1 N–H and O–H groups in total. The number of hydrazone groups is 1. The Balaban J connectivity index is 1.56. The average molecular weight is 372 g/mol. The van der Waals surface area contributed by atoms with Crippen LogP contribution < -0.4 is 10.2 Å². The fraction of sp³-hybridized carbons (Fsp3) is 0.0870. The van der Waals surface area contributed by atoms with Gasteiger partial charge in [-0.2, -0.15) is 5.10 Å². The lowest BCUT2D eigenvalue weighted by Gasteiger charge is -2.05. The molecular formula is C23H20N2O3. The fourth-order valence-electron chi connectivity index (χ4n) is 2.49. The summed E-state index contributed by atoms with van der Waals surface area (Å²) in [6.07, 6.45) is 1.53. The van der Waals surface area contributed by atoms with Gasteiger partial charge in [-0.1, -0.05) is 35.4 Å². The molecule has 0 atom stereocenters. The summed E-state index contributed by atoms with van der Waals surface area (Å²) < 4.78 is 5.37. The first-order chi connectivity index (χ1) is 13.5. The molecule has 0 spiro atoms. The average Bonchev–Trinajstić information content (AvgIpc) is 2.69. The lowest BCUT2D eigenvalue weighted by atomic mass is 10.1. The SMILES string of the molecule is Cc1ccc(C(=O)N/N=C/c2ccc(OC(=O)c3cccc(C)c3)cc2)cc1. The van der Waals surface area contributed by atoms with Crippen LogP contribution in [-0.4, -0.2) is 18.1 Å². The van der Waals surface area contributed by atoms with Gasteiger partial charge in [0.25, 0.3) is 5.91 Å². The van der Waals surface area contributed by atoms with Crippen molar-refractivity contribution in [2.75, 3.05) is 0 Å². The quantitative estimate of drug-likeness (QED) is 0.314. The van der Waals surface area contributed by atoms with Gasteiger partial charge in [0.15, 0.2) is 0 Å². The Hall–Kier alpha value is -3.73. The van der Waals surface area contributed by atoms with Gasteiger partial charge in [-0.15, -0.1) is 0 Å². The summed E-state index contributed by atoms with van der Waals surface area (Å²) in [5.41, 5.74) is 6.38. The number of hydrogen-bond donors (Lipinski definition) is 1. The number of amides is 1. The highest BCUT2D eigenvalue weighted by Crippen LogP contribution is 2.14. The zero-order chi connectivity index (χ0) is 19.9. The topological polar surface area (TPSA) is 67.8 Å². The highest BCUT2D eigenvalue weighted by molar-refractivity contribution is 5.95. The first-order valence-corrected chi connectivity index (χ1v) is 8.80. The van der Waals surface area contributed by atoms with E-state index >= 15 is 0 Å². The molecule has 0 unspecified atom stereocenters. The highest BCUT2D eigenvalue weighted by atomic mass is 16.5. The summed E-state index contributed by atoms with van der Waals surface area (Å²) in [5, 5.41) is 3.96. The maximum atomic E-state index is 12.2. The number of ether oxygens (including phenoxy) is 1. The number of aryl methyl sites for hydroxylation is 2. The van der Waals surface area contributed by atoms with Gasteiger partial charge in [0, 0.05) is 5.56 Å². The summed E-state index contributed by atoms with van der Waals surface area (Å²) in [6, 6.07) is 21.3. The van der Waals surface area contributed by atoms with Crippen molar-refractivity contribution in [2.24, 2.45) is 5.10 Å². The van der Waals surface area contributed by atoms with Crippen LogP contribution in [0.3, 0.4) is 0 Å². The van der Waals surface area contributed by atoms with Crippen LogP contribution in [0.5, 0.6) is 5.75 Å². The molecule has 0 radical (unpaired) electrons. The molecule has 140 valence electrons. The third-order valence-corrected chi connectivity index (χ3v) is 4.04. The van der Waals surface area contributed by atoms with Gasteiger partial charge in [0.2, 0.25) is 0 Å². The molecule has 0 aliphatic carbocycles. The summed E-state index contributed by atoms with van der Waals surface area (Å²) in [4.78, 5) is 24.2. The van der Waals surface area contributed by atoms with Gasteiger partial charge >= 0.3 is 5.97 Å². The molecule has 3 rings (SSSR count). The number of esters is 1. The van der Waals surface area contributed by atoms with Gasteiger partial charge < -0.3 is 4.74 Å². The molecule has 1 amide bonds. The Labute approximate surface area is 163 Å². The van der Waals surface area contributed by atoms with Gasteiger partial charge in [0.05, 0.1) is 11.8 Å². The maximum Gasteiger partial charge on any atom is 0.343 e. The van der Waals surface area contributed by atoms with E-state index in [1.165, 1.54) is 6.21 Å². The molecule has 5 heteroatoms. The highest BCUT2D eigenvalue weighted by Gasteiger charge is 2.08. The Morgan fingerprint density at radius 1 is 0.857 bits per heavy atom. The largest absolute Gasteiger partial charge is 0.423 e. The Bertz CT molecular complexity index is 1010. The summed E-state index contributed by atoms with van der Waals surface area (Å²) >= 11 is 0. The van der Waals surface area contributed by atoms with Crippen LogP contribution in [0.4, 0.5) is 0 Å². The number of rotatable bonds is 5. The molecule has 0 fully saturated rings.